The van der Waals surface area contributed by atoms with E-state index < -0.39 is 0 Å². The predicted molar refractivity (Wildman–Crippen MR) is 57.0 cm³/mol. The van der Waals surface area contributed by atoms with Gasteiger partial charge in [-0.15, -0.1) is 11.8 Å². The van der Waals surface area contributed by atoms with Crippen LogP contribution in [0.1, 0.15) is 19.8 Å². The lowest BCUT2D eigenvalue weighted by Crippen LogP contribution is -2.43. The third-order valence-electron chi connectivity index (χ3n) is 2.92. The van der Waals surface area contributed by atoms with Gasteiger partial charge in [-0.25, -0.2) is 0 Å². The van der Waals surface area contributed by atoms with E-state index in [1.54, 1.807) is 0 Å². The number of hydrogen-bond acceptors (Lipinski definition) is 3. The Morgan fingerprint density at radius 1 is 1.31 bits per heavy atom. The van der Waals surface area contributed by atoms with E-state index in [1.165, 1.54) is 25.1 Å². The molecule has 0 aromatic carbocycles. The van der Waals surface area contributed by atoms with Crippen LogP contribution in [0.2, 0.25) is 0 Å². The van der Waals surface area contributed by atoms with Gasteiger partial charge in [-0.2, -0.15) is 0 Å². The third-order valence-corrected chi connectivity index (χ3v) is 4.59. The number of nitrogens with one attached hydrogen (secondary N) is 1. The minimum atomic E-state index is 0.708. The summed E-state index contributed by atoms with van der Waals surface area (Å²) in [4.78, 5) is 0. The second-order valence-electron chi connectivity index (χ2n) is 4.22. The van der Waals surface area contributed by atoms with Crippen molar-refractivity contribution in [2.45, 2.75) is 25.1 Å². The highest BCUT2D eigenvalue weighted by atomic mass is 32.2. The molecule has 3 heteroatoms. The smallest absolute Gasteiger partial charge is 0.0562 e. The topological polar surface area (TPSA) is 21.3 Å². The summed E-state index contributed by atoms with van der Waals surface area (Å²) in [5.74, 6) is 3.03. The number of ether oxygens (including phenoxy) is 1. The van der Waals surface area contributed by atoms with Gasteiger partial charge in [0.15, 0.2) is 0 Å². The molecule has 13 heavy (non-hydrogen) atoms. The molecule has 2 nitrogen and oxygen atoms in total. The average Bonchev–Trinajstić information content (AvgIpc) is 2.20. The van der Waals surface area contributed by atoms with Crippen LogP contribution in [-0.2, 0) is 4.74 Å². The first-order valence-electron chi connectivity index (χ1n) is 5.29. The fourth-order valence-corrected chi connectivity index (χ4v) is 3.44. The maximum Gasteiger partial charge on any atom is 0.0562 e. The van der Waals surface area contributed by atoms with Crippen LogP contribution in [0.4, 0.5) is 0 Å². The molecule has 2 saturated heterocycles. The van der Waals surface area contributed by atoms with Crippen molar-refractivity contribution in [1.29, 1.82) is 0 Å². The maximum atomic E-state index is 5.37. The Morgan fingerprint density at radius 3 is 2.69 bits per heavy atom. The molecule has 76 valence electrons. The van der Waals surface area contributed by atoms with E-state index in [2.05, 4.69) is 24.0 Å². The average molecular weight is 201 g/mol. The summed E-state index contributed by atoms with van der Waals surface area (Å²) < 4.78 is 5.37. The van der Waals surface area contributed by atoms with Crippen LogP contribution in [0.25, 0.3) is 0 Å². The third kappa shape index (κ3) is 2.61. The second-order valence-corrected chi connectivity index (χ2v) is 5.39. The molecule has 2 fully saturated rings. The van der Waals surface area contributed by atoms with Crippen molar-refractivity contribution in [3.05, 3.63) is 0 Å². The number of hydrogen-bond donors (Lipinski definition) is 1. The lowest BCUT2D eigenvalue weighted by molar-refractivity contribution is 0.0624. The summed E-state index contributed by atoms with van der Waals surface area (Å²) in [6.45, 7) is 5.47. The summed E-state index contributed by atoms with van der Waals surface area (Å²) in [5, 5.41) is 4.35. The highest BCUT2D eigenvalue weighted by Gasteiger charge is 2.27. The van der Waals surface area contributed by atoms with E-state index in [1.807, 2.05) is 0 Å². The molecule has 2 unspecified atom stereocenters. The SMILES string of the molecule is CC1CNC(C2CCOCC2)SC1. The largest absolute Gasteiger partial charge is 0.381 e. The Morgan fingerprint density at radius 2 is 2.08 bits per heavy atom. The minimum Gasteiger partial charge on any atom is -0.381 e. The standard InChI is InChI=1S/C10H19NOS/c1-8-6-11-10(13-7-8)9-2-4-12-5-3-9/h8-11H,2-7H2,1H3. The minimum absolute atomic E-state index is 0.708. The lowest BCUT2D eigenvalue weighted by atomic mass is 9.99. The van der Waals surface area contributed by atoms with E-state index in [0.717, 1.165) is 25.0 Å². The molecule has 0 bridgehead atoms. The molecule has 0 amide bonds. The van der Waals surface area contributed by atoms with Crippen LogP contribution in [0.15, 0.2) is 0 Å². The molecule has 0 radical (unpaired) electrons. The lowest BCUT2D eigenvalue weighted by Gasteiger charge is -2.35. The van der Waals surface area contributed by atoms with Crippen molar-refractivity contribution >= 4 is 11.8 Å². The van der Waals surface area contributed by atoms with Crippen molar-refractivity contribution in [1.82, 2.24) is 5.32 Å². The zero-order valence-electron chi connectivity index (χ0n) is 8.29. The molecule has 0 spiro atoms. The Hall–Kier alpha value is 0.270. The van der Waals surface area contributed by atoms with Gasteiger partial charge in [-0.05, 0) is 37.0 Å². The van der Waals surface area contributed by atoms with E-state index >= 15 is 0 Å². The molecule has 1 N–H and O–H groups in total. The van der Waals surface area contributed by atoms with Gasteiger partial charge in [0, 0.05) is 13.2 Å². The van der Waals surface area contributed by atoms with Gasteiger partial charge in [0.05, 0.1) is 5.37 Å². The number of rotatable bonds is 1. The summed E-state index contributed by atoms with van der Waals surface area (Å²) >= 11 is 2.11. The molecule has 0 aliphatic carbocycles. The fourth-order valence-electron chi connectivity index (χ4n) is 2.02. The van der Waals surface area contributed by atoms with Crippen molar-refractivity contribution in [3.63, 3.8) is 0 Å². The van der Waals surface area contributed by atoms with Crippen LogP contribution >= 0.6 is 11.8 Å². The molecule has 2 atom stereocenters. The summed E-state index contributed by atoms with van der Waals surface area (Å²) in [6.07, 6.45) is 2.50. The summed E-state index contributed by atoms with van der Waals surface area (Å²) in [6, 6.07) is 0. The molecule has 0 aromatic heterocycles. The molecular weight excluding hydrogens is 182 g/mol. The normalized spacial score (nSPS) is 37.6. The molecule has 2 aliphatic heterocycles. The van der Waals surface area contributed by atoms with E-state index in [0.29, 0.717) is 5.37 Å². The zero-order chi connectivity index (χ0) is 9.10. The van der Waals surface area contributed by atoms with Gasteiger partial charge >= 0.3 is 0 Å². The van der Waals surface area contributed by atoms with E-state index in [9.17, 15) is 0 Å². The van der Waals surface area contributed by atoms with Crippen LogP contribution in [0.5, 0.6) is 0 Å². The molecule has 2 heterocycles. The van der Waals surface area contributed by atoms with Crippen molar-refractivity contribution in [3.8, 4) is 0 Å². The second kappa shape index (κ2) is 4.67. The Balaban J connectivity index is 1.79. The first kappa shape index (κ1) is 9.81. The zero-order valence-corrected chi connectivity index (χ0v) is 9.11. The highest BCUT2D eigenvalue weighted by molar-refractivity contribution is 7.99. The van der Waals surface area contributed by atoms with Crippen LogP contribution < -0.4 is 5.32 Å². The Bertz CT molecular complexity index is 151. The summed E-state index contributed by atoms with van der Waals surface area (Å²) in [5.41, 5.74) is 0. The Labute approximate surface area is 84.8 Å². The van der Waals surface area contributed by atoms with Gasteiger partial charge in [0.1, 0.15) is 0 Å². The molecular formula is C10H19NOS. The quantitative estimate of drug-likeness (QED) is 0.698. The summed E-state index contributed by atoms with van der Waals surface area (Å²) in [7, 11) is 0. The monoisotopic (exact) mass is 201 g/mol. The van der Waals surface area contributed by atoms with Crippen LogP contribution in [0.3, 0.4) is 0 Å². The molecule has 0 aromatic rings. The van der Waals surface area contributed by atoms with Crippen LogP contribution in [0, 0.1) is 11.8 Å². The van der Waals surface area contributed by atoms with E-state index in [-0.39, 0.29) is 0 Å². The van der Waals surface area contributed by atoms with Crippen molar-refractivity contribution < 1.29 is 4.74 Å². The van der Waals surface area contributed by atoms with Crippen LogP contribution in [-0.4, -0.2) is 30.9 Å². The van der Waals surface area contributed by atoms with Gasteiger partial charge in [0.2, 0.25) is 0 Å². The van der Waals surface area contributed by atoms with Crippen molar-refractivity contribution in [2.75, 3.05) is 25.5 Å². The molecule has 2 rings (SSSR count). The first-order valence-corrected chi connectivity index (χ1v) is 6.34. The van der Waals surface area contributed by atoms with Gasteiger partial charge in [-0.3, -0.25) is 0 Å². The maximum absolute atomic E-state index is 5.37. The fraction of sp³-hybridized carbons (Fsp3) is 1.00. The van der Waals surface area contributed by atoms with Crippen molar-refractivity contribution in [2.24, 2.45) is 11.8 Å². The highest BCUT2D eigenvalue weighted by Crippen LogP contribution is 2.29. The predicted octanol–water partition coefficient (Wildman–Crippen LogP) is 1.71. The van der Waals surface area contributed by atoms with Gasteiger partial charge in [0.25, 0.3) is 0 Å². The molecule has 0 saturated carbocycles. The van der Waals surface area contributed by atoms with Gasteiger partial charge < -0.3 is 10.1 Å². The molecule has 2 aliphatic rings. The van der Waals surface area contributed by atoms with Gasteiger partial charge in [-0.1, -0.05) is 6.92 Å². The van der Waals surface area contributed by atoms with E-state index in [4.69, 9.17) is 4.74 Å². The number of thioether (sulfide) groups is 1. The Kier molecular flexibility index (Phi) is 3.52. The first-order chi connectivity index (χ1) is 6.36.